The Labute approximate surface area is 125 Å². The number of ether oxygens (including phenoxy) is 1. The molecule has 0 aromatic heterocycles. The molecule has 1 aliphatic heterocycles. The second-order valence-electron chi connectivity index (χ2n) is 4.99. The van der Waals surface area contributed by atoms with Crippen molar-refractivity contribution in [1.82, 2.24) is 5.32 Å². The molecule has 0 saturated carbocycles. The molecule has 1 heterocycles. The number of halogens is 1. The van der Waals surface area contributed by atoms with E-state index in [0.717, 1.165) is 31.5 Å². The summed E-state index contributed by atoms with van der Waals surface area (Å²) in [7, 11) is 1.37. The van der Waals surface area contributed by atoms with Crippen molar-refractivity contribution < 1.29 is 14.6 Å². The van der Waals surface area contributed by atoms with E-state index in [1.165, 1.54) is 7.11 Å². The van der Waals surface area contributed by atoms with Gasteiger partial charge in [-0.25, -0.2) is 0 Å². The first-order chi connectivity index (χ1) is 9.24. The molecule has 0 bridgehead atoms. The van der Waals surface area contributed by atoms with Gasteiger partial charge in [-0.15, -0.1) is 12.4 Å². The van der Waals surface area contributed by atoms with E-state index >= 15 is 0 Å². The van der Waals surface area contributed by atoms with Crippen molar-refractivity contribution in [3.8, 4) is 0 Å². The minimum Gasteiger partial charge on any atom is -0.468 e. The van der Waals surface area contributed by atoms with Gasteiger partial charge in [-0.3, -0.25) is 4.79 Å². The highest BCUT2D eigenvalue weighted by Crippen LogP contribution is 2.30. The number of hydrogen-bond acceptors (Lipinski definition) is 4. The lowest BCUT2D eigenvalue weighted by molar-refractivity contribution is -0.146. The first-order valence-electron chi connectivity index (χ1n) is 6.75. The lowest BCUT2D eigenvalue weighted by Gasteiger charge is -2.31. The van der Waals surface area contributed by atoms with E-state index in [0.29, 0.717) is 0 Å². The number of esters is 1. The quantitative estimate of drug-likeness (QED) is 0.831. The first kappa shape index (κ1) is 17.0. The lowest BCUT2D eigenvalue weighted by Crippen LogP contribution is -2.39. The molecule has 1 aliphatic rings. The van der Waals surface area contributed by atoms with E-state index < -0.39 is 12.0 Å². The van der Waals surface area contributed by atoms with E-state index in [-0.39, 0.29) is 24.3 Å². The summed E-state index contributed by atoms with van der Waals surface area (Å²) >= 11 is 0. The van der Waals surface area contributed by atoms with Crippen molar-refractivity contribution in [3.63, 3.8) is 0 Å². The van der Waals surface area contributed by atoms with Crippen molar-refractivity contribution in [2.75, 3.05) is 20.2 Å². The number of methoxy groups -OCH3 is 1. The zero-order chi connectivity index (χ0) is 13.7. The summed E-state index contributed by atoms with van der Waals surface area (Å²) in [5, 5.41) is 13.8. The minimum absolute atomic E-state index is 0. The first-order valence-corrected chi connectivity index (χ1v) is 6.75. The van der Waals surface area contributed by atoms with E-state index in [1.54, 1.807) is 0 Å². The number of piperidine rings is 1. The van der Waals surface area contributed by atoms with Crippen LogP contribution in [0.4, 0.5) is 0 Å². The number of aliphatic hydroxyl groups excluding tert-OH is 1. The maximum Gasteiger partial charge on any atom is 0.315 e. The van der Waals surface area contributed by atoms with Gasteiger partial charge in [-0.2, -0.15) is 0 Å². The fourth-order valence-electron chi connectivity index (χ4n) is 2.72. The van der Waals surface area contributed by atoms with Gasteiger partial charge in [0.25, 0.3) is 0 Å². The number of nitrogens with one attached hydrogen (secondary N) is 1. The zero-order valence-corrected chi connectivity index (χ0v) is 12.4. The van der Waals surface area contributed by atoms with Gasteiger partial charge in [0.2, 0.25) is 0 Å². The van der Waals surface area contributed by atoms with Crippen molar-refractivity contribution >= 4 is 18.4 Å². The molecule has 0 radical (unpaired) electrons. The van der Waals surface area contributed by atoms with Gasteiger partial charge in [0, 0.05) is 0 Å². The summed E-state index contributed by atoms with van der Waals surface area (Å²) in [5.41, 5.74) is 0.820. The second kappa shape index (κ2) is 8.25. The maximum atomic E-state index is 12.0. The molecule has 2 N–H and O–H groups in total. The minimum atomic E-state index is -0.683. The number of aliphatic hydroxyl groups is 1. The van der Waals surface area contributed by atoms with Crippen LogP contribution in [-0.2, 0) is 9.53 Å². The molecule has 4 nitrogen and oxygen atoms in total. The van der Waals surface area contributed by atoms with Crippen LogP contribution in [-0.4, -0.2) is 37.4 Å². The maximum absolute atomic E-state index is 12.0. The van der Waals surface area contributed by atoms with Crippen molar-refractivity contribution in [3.05, 3.63) is 35.9 Å². The largest absolute Gasteiger partial charge is 0.468 e. The summed E-state index contributed by atoms with van der Waals surface area (Å²) in [6, 6.07) is 9.38. The average molecular weight is 300 g/mol. The molecule has 2 rings (SSSR count). The standard InChI is InChI=1S/C15H21NO3.ClH/c1-19-15(18)13(11-5-3-2-4-6-11)14(17)12-7-9-16-10-8-12;/h2-6,12-14,16-17H,7-10H2,1H3;1H. The normalized spacial score (nSPS) is 18.7. The molecule has 1 fully saturated rings. The lowest BCUT2D eigenvalue weighted by atomic mass is 9.81. The van der Waals surface area contributed by atoms with Crippen LogP contribution in [0.5, 0.6) is 0 Å². The molecule has 20 heavy (non-hydrogen) atoms. The third-order valence-electron chi connectivity index (χ3n) is 3.82. The number of hydrogen-bond donors (Lipinski definition) is 2. The zero-order valence-electron chi connectivity index (χ0n) is 11.6. The number of benzene rings is 1. The van der Waals surface area contributed by atoms with Gasteiger partial charge in [-0.1, -0.05) is 30.3 Å². The summed E-state index contributed by atoms with van der Waals surface area (Å²) < 4.78 is 4.86. The van der Waals surface area contributed by atoms with Gasteiger partial charge in [-0.05, 0) is 37.4 Å². The van der Waals surface area contributed by atoms with Gasteiger partial charge >= 0.3 is 5.97 Å². The summed E-state index contributed by atoms with van der Waals surface area (Å²) in [6.45, 7) is 1.79. The van der Waals surface area contributed by atoms with E-state index in [1.807, 2.05) is 30.3 Å². The Morgan fingerprint density at radius 3 is 2.45 bits per heavy atom. The molecule has 2 unspecified atom stereocenters. The topological polar surface area (TPSA) is 58.6 Å². The van der Waals surface area contributed by atoms with Crippen molar-refractivity contribution in [2.45, 2.75) is 24.9 Å². The van der Waals surface area contributed by atoms with Gasteiger partial charge in [0.15, 0.2) is 0 Å². The van der Waals surface area contributed by atoms with Crippen LogP contribution in [0.15, 0.2) is 30.3 Å². The Bertz CT molecular complexity index is 407. The number of carbonyl (C=O) groups excluding carboxylic acids is 1. The molecule has 5 heteroatoms. The monoisotopic (exact) mass is 299 g/mol. The fraction of sp³-hybridized carbons (Fsp3) is 0.533. The Hall–Kier alpha value is -1.10. The third kappa shape index (κ3) is 3.95. The smallest absolute Gasteiger partial charge is 0.315 e. The van der Waals surface area contributed by atoms with Crippen LogP contribution >= 0.6 is 12.4 Å². The average Bonchev–Trinajstić information content (AvgIpc) is 2.49. The predicted octanol–water partition coefficient (Wildman–Crippen LogP) is 1.73. The summed E-state index contributed by atoms with van der Waals surface area (Å²) in [6.07, 6.45) is 1.10. The molecule has 0 amide bonds. The Morgan fingerprint density at radius 1 is 1.30 bits per heavy atom. The molecule has 1 aromatic rings. The van der Waals surface area contributed by atoms with Crippen LogP contribution in [0.25, 0.3) is 0 Å². The van der Waals surface area contributed by atoms with Gasteiger partial charge < -0.3 is 15.2 Å². The van der Waals surface area contributed by atoms with Gasteiger partial charge in [0.05, 0.1) is 13.2 Å². The molecular weight excluding hydrogens is 278 g/mol. The Kier molecular flexibility index (Phi) is 6.99. The predicted molar refractivity (Wildman–Crippen MR) is 80.0 cm³/mol. The third-order valence-corrected chi connectivity index (χ3v) is 3.82. The van der Waals surface area contributed by atoms with E-state index in [2.05, 4.69) is 5.32 Å². The molecule has 2 atom stereocenters. The van der Waals surface area contributed by atoms with Crippen LogP contribution in [0.2, 0.25) is 0 Å². The Morgan fingerprint density at radius 2 is 1.90 bits per heavy atom. The van der Waals surface area contributed by atoms with E-state index in [9.17, 15) is 9.90 Å². The van der Waals surface area contributed by atoms with Crippen molar-refractivity contribution in [2.24, 2.45) is 5.92 Å². The van der Waals surface area contributed by atoms with Crippen LogP contribution in [0.3, 0.4) is 0 Å². The van der Waals surface area contributed by atoms with E-state index in [4.69, 9.17) is 4.74 Å². The molecular formula is C15H22ClNO3. The SMILES string of the molecule is COC(=O)C(c1ccccc1)C(O)C1CCNCC1.Cl. The highest BCUT2D eigenvalue weighted by atomic mass is 35.5. The molecule has 0 aliphatic carbocycles. The summed E-state index contributed by atoms with van der Waals surface area (Å²) in [5.74, 6) is -0.808. The fourth-order valence-corrected chi connectivity index (χ4v) is 2.72. The molecule has 1 aromatic carbocycles. The number of rotatable bonds is 4. The van der Waals surface area contributed by atoms with Gasteiger partial charge in [0.1, 0.15) is 5.92 Å². The number of carbonyl (C=O) groups is 1. The second-order valence-corrected chi connectivity index (χ2v) is 4.99. The van der Waals surface area contributed by atoms with Crippen LogP contribution in [0, 0.1) is 5.92 Å². The Balaban J connectivity index is 0.00000200. The van der Waals surface area contributed by atoms with Crippen LogP contribution in [0.1, 0.15) is 24.3 Å². The molecule has 112 valence electrons. The van der Waals surface area contributed by atoms with Crippen LogP contribution < -0.4 is 5.32 Å². The molecule has 0 spiro atoms. The highest BCUT2D eigenvalue weighted by Gasteiger charge is 2.35. The summed E-state index contributed by atoms with van der Waals surface area (Å²) in [4.78, 5) is 12.0. The molecule has 1 saturated heterocycles. The van der Waals surface area contributed by atoms with Crippen molar-refractivity contribution in [1.29, 1.82) is 0 Å². The highest BCUT2D eigenvalue weighted by molar-refractivity contribution is 5.85.